The number of methoxy groups -OCH3 is 4. The third-order valence-corrected chi connectivity index (χ3v) is 5.55. The number of aliphatic carboxylic acids is 1. The van der Waals surface area contributed by atoms with Crippen LogP contribution in [0.15, 0.2) is 41.8 Å². The minimum atomic E-state index is -3.82. The first-order valence-electron chi connectivity index (χ1n) is 9.59. The molecular formula is C22H24N2O9S. The number of carboxylic acids is 1. The van der Waals surface area contributed by atoms with Crippen LogP contribution in [-0.4, -0.2) is 58.8 Å². The van der Waals surface area contributed by atoms with Gasteiger partial charge in [-0.05, 0) is 18.2 Å². The van der Waals surface area contributed by atoms with Crippen LogP contribution >= 0.6 is 0 Å². The Bertz CT molecular complexity index is 1200. The van der Waals surface area contributed by atoms with Crippen LogP contribution in [-0.2, 0) is 25.2 Å². The maximum Gasteiger partial charge on any atom is 0.328 e. The number of pyridine rings is 1. The van der Waals surface area contributed by atoms with Gasteiger partial charge in [0.05, 0.1) is 45.4 Å². The van der Waals surface area contributed by atoms with Gasteiger partial charge in [0, 0.05) is 29.7 Å². The fourth-order valence-corrected chi connectivity index (χ4v) is 3.76. The van der Waals surface area contributed by atoms with Gasteiger partial charge >= 0.3 is 5.97 Å². The van der Waals surface area contributed by atoms with Crippen molar-refractivity contribution in [2.45, 2.75) is 5.75 Å². The van der Waals surface area contributed by atoms with Gasteiger partial charge < -0.3 is 29.4 Å². The van der Waals surface area contributed by atoms with Crippen molar-refractivity contribution in [1.82, 2.24) is 4.98 Å². The lowest BCUT2D eigenvalue weighted by atomic mass is 10.1. The van der Waals surface area contributed by atoms with E-state index in [9.17, 15) is 18.0 Å². The number of hydrogen-bond donors (Lipinski definition) is 2. The average Bonchev–Trinajstić information content (AvgIpc) is 2.80. The fourth-order valence-electron chi connectivity index (χ4n) is 2.75. The number of amides is 1. The molecular weight excluding hydrogens is 468 g/mol. The van der Waals surface area contributed by atoms with Crippen LogP contribution in [0.25, 0.3) is 6.08 Å². The van der Waals surface area contributed by atoms with E-state index in [1.807, 2.05) is 0 Å². The summed E-state index contributed by atoms with van der Waals surface area (Å²) in [5, 5.41) is 12.0. The summed E-state index contributed by atoms with van der Waals surface area (Å²) in [7, 11) is 1.87. The largest absolute Gasteiger partial charge is 0.496 e. The maximum absolute atomic E-state index is 12.7. The SMILES string of the molecule is COc1cc(OC)c(/C=C/S(=O)(=O)Cc2ccc(OC)c(NC(=O)/C=C/C(=O)O)n2)c(OC)c1. The van der Waals surface area contributed by atoms with E-state index in [0.29, 0.717) is 28.9 Å². The Morgan fingerprint density at radius 2 is 1.59 bits per heavy atom. The number of nitrogens with one attached hydrogen (secondary N) is 1. The molecule has 1 aromatic carbocycles. The Kier molecular flexibility index (Phi) is 9.01. The Morgan fingerprint density at radius 1 is 0.971 bits per heavy atom. The fraction of sp³-hybridized carbons (Fsp3) is 0.227. The standard InChI is InChI=1S/C22H24N2O9S/c1-30-15-11-18(32-3)16(19(12-15)33-4)9-10-34(28,29)13-14-5-6-17(31-2)22(23-14)24-20(25)7-8-21(26)27/h5-12H,13H2,1-4H3,(H,26,27)(H,23,24,25)/b8-7+,10-9+. The van der Waals surface area contributed by atoms with Crippen molar-refractivity contribution in [3.63, 3.8) is 0 Å². The summed E-state index contributed by atoms with van der Waals surface area (Å²) in [5.41, 5.74) is 0.520. The topological polar surface area (TPSA) is 150 Å². The van der Waals surface area contributed by atoms with Crippen molar-refractivity contribution in [3.8, 4) is 23.0 Å². The average molecular weight is 493 g/mol. The van der Waals surface area contributed by atoms with E-state index in [4.69, 9.17) is 24.1 Å². The van der Waals surface area contributed by atoms with Gasteiger partial charge in [-0.2, -0.15) is 0 Å². The molecule has 11 nitrogen and oxygen atoms in total. The number of carbonyl (C=O) groups is 2. The molecule has 1 amide bonds. The Morgan fingerprint density at radius 3 is 2.12 bits per heavy atom. The molecule has 0 aliphatic heterocycles. The molecule has 0 fully saturated rings. The smallest absolute Gasteiger partial charge is 0.328 e. The molecule has 0 spiro atoms. The number of aromatic nitrogens is 1. The molecule has 0 unspecified atom stereocenters. The van der Waals surface area contributed by atoms with E-state index >= 15 is 0 Å². The highest BCUT2D eigenvalue weighted by atomic mass is 32.2. The lowest BCUT2D eigenvalue weighted by Gasteiger charge is -2.12. The second-order valence-electron chi connectivity index (χ2n) is 6.57. The van der Waals surface area contributed by atoms with E-state index in [2.05, 4.69) is 10.3 Å². The minimum absolute atomic E-state index is 0.0577. The van der Waals surface area contributed by atoms with E-state index in [1.165, 1.54) is 46.6 Å². The molecule has 2 N–H and O–H groups in total. The molecule has 0 saturated heterocycles. The Hall–Kier alpha value is -4.06. The monoisotopic (exact) mass is 492 g/mol. The maximum atomic E-state index is 12.7. The van der Waals surface area contributed by atoms with Crippen LogP contribution in [0.4, 0.5) is 5.82 Å². The van der Waals surface area contributed by atoms with E-state index in [0.717, 1.165) is 11.5 Å². The molecule has 0 radical (unpaired) electrons. The first-order chi connectivity index (χ1) is 16.1. The van der Waals surface area contributed by atoms with Crippen molar-refractivity contribution in [2.75, 3.05) is 33.8 Å². The van der Waals surface area contributed by atoms with Gasteiger partial charge in [0.2, 0.25) is 5.91 Å². The second-order valence-corrected chi connectivity index (χ2v) is 8.46. The zero-order chi connectivity index (χ0) is 25.3. The van der Waals surface area contributed by atoms with E-state index < -0.39 is 27.5 Å². The Balaban J connectivity index is 2.31. The molecule has 1 aromatic heterocycles. The molecule has 1 heterocycles. The molecule has 182 valence electrons. The number of carbonyl (C=O) groups excluding carboxylic acids is 1. The quantitative estimate of drug-likeness (QED) is 0.447. The summed E-state index contributed by atoms with van der Waals surface area (Å²) in [6.45, 7) is 0. The number of benzene rings is 1. The molecule has 12 heteroatoms. The summed E-state index contributed by atoms with van der Waals surface area (Å²) in [6.07, 6.45) is 2.79. The lowest BCUT2D eigenvalue weighted by Crippen LogP contribution is -2.13. The first-order valence-corrected chi connectivity index (χ1v) is 11.3. The van der Waals surface area contributed by atoms with Gasteiger partial charge in [-0.25, -0.2) is 18.2 Å². The molecule has 0 saturated carbocycles. The number of hydrogen-bond acceptors (Lipinski definition) is 9. The lowest BCUT2D eigenvalue weighted by molar-refractivity contribution is -0.131. The van der Waals surface area contributed by atoms with Gasteiger partial charge in [-0.15, -0.1) is 0 Å². The summed E-state index contributed by atoms with van der Waals surface area (Å²) >= 11 is 0. The summed E-state index contributed by atoms with van der Waals surface area (Å²) < 4.78 is 46.4. The zero-order valence-electron chi connectivity index (χ0n) is 18.9. The van der Waals surface area contributed by atoms with Crippen LogP contribution in [0.3, 0.4) is 0 Å². The predicted octanol–water partition coefficient (Wildman–Crippen LogP) is 2.28. The van der Waals surface area contributed by atoms with E-state index in [-0.39, 0.29) is 17.3 Å². The van der Waals surface area contributed by atoms with Crippen LogP contribution in [0.5, 0.6) is 23.0 Å². The van der Waals surface area contributed by atoms with Gasteiger partial charge in [0.1, 0.15) is 17.2 Å². The van der Waals surface area contributed by atoms with Gasteiger partial charge in [-0.1, -0.05) is 0 Å². The van der Waals surface area contributed by atoms with Gasteiger partial charge in [-0.3, -0.25) is 4.79 Å². The minimum Gasteiger partial charge on any atom is -0.496 e. The predicted molar refractivity (Wildman–Crippen MR) is 124 cm³/mol. The highest BCUT2D eigenvalue weighted by Crippen LogP contribution is 2.35. The van der Waals surface area contributed by atoms with Crippen molar-refractivity contribution in [1.29, 1.82) is 0 Å². The molecule has 0 bridgehead atoms. The molecule has 2 aromatic rings. The van der Waals surface area contributed by atoms with Crippen molar-refractivity contribution in [2.24, 2.45) is 0 Å². The van der Waals surface area contributed by atoms with Gasteiger partial charge in [0.15, 0.2) is 21.4 Å². The second kappa shape index (κ2) is 11.7. The van der Waals surface area contributed by atoms with Crippen molar-refractivity contribution < 1.29 is 42.1 Å². The number of anilines is 1. The van der Waals surface area contributed by atoms with Crippen LogP contribution in [0.2, 0.25) is 0 Å². The molecule has 2 rings (SSSR count). The van der Waals surface area contributed by atoms with E-state index in [1.54, 1.807) is 12.1 Å². The Labute approximate surface area is 196 Å². The third kappa shape index (κ3) is 7.24. The summed E-state index contributed by atoms with van der Waals surface area (Å²) in [5.74, 6) is -1.27. The van der Waals surface area contributed by atoms with Crippen molar-refractivity contribution in [3.05, 3.63) is 53.1 Å². The normalized spacial score (nSPS) is 11.4. The number of nitrogens with zero attached hydrogens (tertiary/aromatic N) is 1. The highest BCUT2D eigenvalue weighted by molar-refractivity contribution is 7.93. The number of sulfone groups is 1. The third-order valence-electron chi connectivity index (χ3n) is 4.30. The number of rotatable bonds is 11. The molecule has 0 atom stereocenters. The van der Waals surface area contributed by atoms with Gasteiger partial charge in [0.25, 0.3) is 0 Å². The van der Waals surface area contributed by atoms with Crippen LogP contribution in [0.1, 0.15) is 11.3 Å². The van der Waals surface area contributed by atoms with Crippen LogP contribution < -0.4 is 24.3 Å². The number of ether oxygens (including phenoxy) is 4. The first kappa shape index (κ1) is 26.2. The molecule has 34 heavy (non-hydrogen) atoms. The zero-order valence-corrected chi connectivity index (χ0v) is 19.7. The molecule has 0 aliphatic carbocycles. The highest BCUT2D eigenvalue weighted by Gasteiger charge is 2.16. The summed E-state index contributed by atoms with van der Waals surface area (Å²) in [6, 6.07) is 6.05. The summed E-state index contributed by atoms with van der Waals surface area (Å²) in [4.78, 5) is 26.6. The van der Waals surface area contributed by atoms with Crippen molar-refractivity contribution >= 4 is 33.6 Å². The molecule has 0 aliphatic rings. The number of carboxylic acid groups (broad SMARTS) is 1. The van der Waals surface area contributed by atoms with Crippen LogP contribution in [0, 0.1) is 0 Å².